The van der Waals surface area contributed by atoms with Gasteiger partial charge in [0.2, 0.25) is 0 Å². The molecule has 0 aromatic heterocycles. The fraction of sp³-hybridized carbons (Fsp3) is 0.250. The van der Waals surface area contributed by atoms with Gasteiger partial charge in [-0.2, -0.15) is 0 Å². The third-order valence-electron chi connectivity index (χ3n) is 6.15. The lowest BCUT2D eigenvalue weighted by Gasteiger charge is -2.34. The monoisotopic (exact) mass is 484 g/mol. The van der Waals surface area contributed by atoms with E-state index in [2.05, 4.69) is 0 Å². The quantitative estimate of drug-likeness (QED) is 0.273. The van der Waals surface area contributed by atoms with E-state index in [9.17, 15) is 14.4 Å². The molecule has 2 radical (unpaired) electrons. The van der Waals surface area contributed by atoms with Gasteiger partial charge in [0, 0.05) is 0 Å². The minimum Gasteiger partial charge on any atom is -0.461 e. The highest BCUT2D eigenvalue weighted by atomic mass is 16.6. The van der Waals surface area contributed by atoms with Crippen molar-refractivity contribution in [3.63, 3.8) is 0 Å². The lowest BCUT2D eigenvalue weighted by Crippen LogP contribution is -2.47. The van der Waals surface area contributed by atoms with Crippen LogP contribution in [0.4, 0.5) is 0 Å². The maximum absolute atomic E-state index is 12.8. The molecule has 7 nitrogen and oxygen atoms in total. The Kier molecular flexibility index (Phi) is 7.85. The smallest absolute Gasteiger partial charge is 0.338 e. The molecule has 1 heterocycles. The van der Waals surface area contributed by atoms with Gasteiger partial charge >= 0.3 is 17.9 Å². The highest BCUT2D eigenvalue weighted by Crippen LogP contribution is 2.41. The van der Waals surface area contributed by atoms with Crippen LogP contribution in [0.3, 0.4) is 0 Å². The Morgan fingerprint density at radius 1 is 0.750 bits per heavy atom. The van der Waals surface area contributed by atoms with E-state index in [1.807, 2.05) is 0 Å². The fourth-order valence-corrected chi connectivity index (χ4v) is 4.03. The third-order valence-corrected chi connectivity index (χ3v) is 6.15. The molecule has 182 valence electrons. The van der Waals surface area contributed by atoms with Crippen LogP contribution >= 0.6 is 0 Å². The van der Waals surface area contributed by atoms with Crippen molar-refractivity contribution in [2.75, 3.05) is 13.2 Å². The second kappa shape index (κ2) is 11.2. The van der Waals surface area contributed by atoms with E-state index in [4.69, 9.17) is 26.8 Å². The van der Waals surface area contributed by atoms with E-state index in [-0.39, 0.29) is 13.2 Å². The minimum absolute atomic E-state index is 0.180. The van der Waals surface area contributed by atoms with Gasteiger partial charge in [-0.3, -0.25) is 0 Å². The Hall–Kier alpha value is -3.91. The maximum Gasteiger partial charge on any atom is 0.338 e. The summed E-state index contributed by atoms with van der Waals surface area (Å²) in [6, 6.07) is 24.4. The normalized spacial score (nSPS) is 23.0. The molecular formula is C28H25BO7. The molecule has 8 heteroatoms. The summed E-state index contributed by atoms with van der Waals surface area (Å²) in [5, 5.41) is 0. The molecule has 1 fully saturated rings. The number of carbonyl (C=O) groups excluding carboxylic acids is 3. The van der Waals surface area contributed by atoms with Crippen LogP contribution in [0.25, 0.3) is 0 Å². The van der Waals surface area contributed by atoms with Crippen LogP contribution in [0.5, 0.6) is 0 Å². The zero-order valence-electron chi connectivity index (χ0n) is 19.7. The zero-order valence-corrected chi connectivity index (χ0v) is 19.7. The van der Waals surface area contributed by atoms with Crippen LogP contribution in [0.2, 0.25) is 0 Å². The summed E-state index contributed by atoms with van der Waals surface area (Å²) in [7, 11) is 6.23. The standard InChI is InChI=1S/C28H25BO7/c1-28(18-34-26(31)20-13-7-3-8-14-20)22(17-33-25(30)19-11-5-2-6-12-19)35-24(29)23(28)36-27(32)21-15-9-4-10-16-21/h2-16,22-24H,17-18H2,1H3/t22?,23-,24+,28-/m1/s1. The van der Waals surface area contributed by atoms with Gasteiger partial charge in [-0.05, 0) is 36.4 Å². The first-order valence-corrected chi connectivity index (χ1v) is 11.5. The summed E-state index contributed by atoms with van der Waals surface area (Å²) in [6.45, 7) is 1.36. The molecule has 1 unspecified atom stereocenters. The van der Waals surface area contributed by atoms with E-state index < -0.39 is 41.5 Å². The van der Waals surface area contributed by atoms with Crippen LogP contribution in [-0.2, 0) is 18.9 Å². The molecule has 3 aromatic rings. The summed E-state index contributed by atoms with van der Waals surface area (Å²) < 4.78 is 22.7. The topological polar surface area (TPSA) is 88.1 Å². The summed E-state index contributed by atoms with van der Waals surface area (Å²) in [4.78, 5) is 38.0. The van der Waals surface area contributed by atoms with Crippen molar-refractivity contribution in [2.24, 2.45) is 5.41 Å². The van der Waals surface area contributed by atoms with E-state index in [0.29, 0.717) is 16.7 Å². The average Bonchev–Trinajstić information content (AvgIpc) is 3.16. The maximum atomic E-state index is 12.8. The van der Waals surface area contributed by atoms with Gasteiger partial charge in [-0.25, -0.2) is 14.4 Å². The highest BCUT2D eigenvalue weighted by molar-refractivity contribution is 6.12. The number of benzene rings is 3. The SMILES string of the molecule is [B][C@H]1OC(COC(=O)c2ccccc2)[C@@](C)(COC(=O)c2ccccc2)[C@@H]1OC(=O)c1ccccc1. The van der Waals surface area contributed by atoms with Crippen molar-refractivity contribution in [2.45, 2.75) is 25.1 Å². The van der Waals surface area contributed by atoms with E-state index >= 15 is 0 Å². The Morgan fingerprint density at radius 3 is 1.69 bits per heavy atom. The van der Waals surface area contributed by atoms with Gasteiger partial charge in [0.25, 0.3) is 0 Å². The van der Waals surface area contributed by atoms with Crippen molar-refractivity contribution >= 4 is 25.8 Å². The van der Waals surface area contributed by atoms with Crippen molar-refractivity contribution in [1.29, 1.82) is 0 Å². The summed E-state index contributed by atoms with van der Waals surface area (Å²) in [6.07, 6.45) is -1.79. The lowest BCUT2D eigenvalue weighted by atomic mass is 9.76. The van der Waals surface area contributed by atoms with Crippen LogP contribution < -0.4 is 0 Å². The molecule has 0 amide bonds. The predicted molar refractivity (Wildman–Crippen MR) is 132 cm³/mol. The second-order valence-corrected chi connectivity index (χ2v) is 8.69. The van der Waals surface area contributed by atoms with Crippen LogP contribution in [0.1, 0.15) is 38.0 Å². The van der Waals surface area contributed by atoms with Gasteiger partial charge in [0.15, 0.2) is 0 Å². The van der Waals surface area contributed by atoms with E-state index in [1.165, 1.54) is 0 Å². The highest BCUT2D eigenvalue weighted by Gasteiger charge is 2.55. The van der Waals surface area contributed by atoms with Crippen LogP contribution in [0.15, 0.2) is 91.0 Å². The van der Waals surface area contributed by atoms with E-state index in [1.54, 1.807) is 97.9 Å². The first-order chi connectivity index (χ1) is 17.4. The third kappa shape index (κ3) is 5.66. The molecule has 1 saturated heterocycles. The average molecular weight is 484 g/mol. The van der Waals surface area contributed by atoms with Gasteiger partial charge in [0.05, 0.1) is 28.1 Å². The lowest BCUT2D eigenvalue weighted by molar-refractivity contribution is -0.0525. The largest absolute Gasteiger partial charge is 0.461 e. The molecule has 0 spiro atoms. The second-order valence-electron chi connectivity index (χ2n) is 8.69. The number of hydrogen-bond acceptors (Lipinski definition) is 7. The molecule has 0 saturated carbocycles. The van der Waals surface area contributed by atoms with Crippen molar-refractivity contribution in [3.05, 3.63) is 108 Å². The van der Waals surface area contributed by atoms with E-state index in [0.717, 1.165) is 0 Å². The van der Waals surface area contributed by atoms with Crippen molar-refractivity contribution in [3.8, 4) is 0 Å². The number of hydrogen-bond donors (Lipinski definition) is 0. The molecule has 36 heavy (non-hydrogen) atoms. The molecule has 1 aliphatic rings. The minimum atomic E-state index is -1.11. The molecule has 0 bridgehead atoms. The van der Waals surface area contributed by atoms with Crippen LogP contribution in [-0.4, -0.2) is 57.2 Å². The molecule has 0 aliphatic carbocycles. The van der Waals surface area contributed by atoms with Crippen molar-refractivity contribution < 1.29 is 33.3 Å². The fourth-order valence-electron chi connectivity index (χ4n) is 4.03. The van der Waals surface area contributed by atoms with Gasteiger partial charge in [-0.15, -0.1) is 0 Å². The Balaban J connectivity index is 1.53. The van der Waals surface area contributed by atoms with Crippen LogP contribution in [0, 0.1) is 5.41 Å². The first-order valence-electron chi connectivity index (χ1n) is 11.5. The number of carbonyl (C=O) groups is 3. The Morgan fingerprint density at radius 2 is 1.19 bits per heavy atom. The molecule has 4 atom stereocenters. The van der Waals surface area contributed by atoms with Gasteiger partial charge in [0.1, 0.15) is 33.3 Å². The number of ether oxygens (including phenoxy) is 4. The van der Waals surface area contributed by atoms with Gasteiger partial charge in [-0.1, -0.05) is 61.5 Å². The first kappa shape index (κ1) is 25.2. The van der Waals surface area contributed by atoms with Crippen molar-refractivity contribution in [1.82, 2.24) is 0 Å². The number of esters is 3. The summed E-state index contributed by atoms with van der Waals surface area (Å²) >= 11 is 0. The summed E-state index contributed by atoms with van der Waals surface area (Å²) in [5.74, 6) is -1.69. The molecule has 3 aromatic carbocycles. The molecule has 1 aliphatic heterocycles. The molecule has 4 rings (SSSR count). The molecular weight excluding hydrogens is 459 g/mol. The predicted octanol–water partition coefficient (Wildman–Crippen LogP) is 3.83. The molecule has 0 N–H and O–H groups in total. The van der Waals surface area contributed by atoms with Gasteiger partial charge < -0.3 is 18.9 Å². The Bertz CT molecular complexity index is 1190. The number of rotatable bonds is 8. The Labute approximate surface area is 210 Å². The zero-order chi connectivity index (χ0) is 25.5. The summed E-state index contributed by atoms with van der Waals surface area (Å²) in [5.41, 5.74) is -0.0174.